The van der Waals surface area contributed by atoms with Crippen LogP contribution in [0.25, 0.3) is 0 Å². The minimum Gasteiger partial charge on any atom is -0.268 e. The first kappa shape index (κ1) is 7.58. The molecule has 0 spiro atoms. The molecule has 0 saturated carbocycles. The fourth-order valence-electron chi connectivity index (χ4n) is 1.30. The second-order valence-electron chi connectivity index (χ2n) is 2.73. The van der Waals surface area contributed by atoms with E-state index in [1.807, 2.05) is 0 Å². The maximum atomic E-state index is 2.37. The molecule has 58 valence electrons. The predicted octanol–water partition coefficient (Wildman–Crippen LogP) is 0.773. The Balaban J connectivity index is 2.48. The minimum atomic E-state index is 1.15. The first-order valence-corrected chi connectivity index (χ1v) is 4.20. The van der Waals surface area contributed by atoms with Crippen LogP contribution in [-0.2, 0) is 0 Å². The number of hydrogen-bond donors (Lipinski definition) is 0. The Morgan fingerprint density at radius 3 is 2.90 bits per heavy atom. The van der Waals surface area contributed by atoms with E-state index in [0.717, 1.165) is 13.1 Å². The Bertz CT molecular complexity index is 129. The van der Waals surface area contributed by atoms with Crippen LogP contribution < -0.4 is 0 Å². The van der Waals surface area contributed by atoms with Crippen molar-refractivity contribution in [3.8, 4) is 0 Å². The normalized spacial score (nSPS) is 19.0. The Kier molecular flexibility index (Phi) is 2.72. The molecule has 0 N–H and O–H groups in total. The van der Waals surface area contributed by atoms with E-state index in [1.165, 1.54) is 19.5 Å². The molecule has 0 atom stereocenters. The molecule has 0 amide bonds. The summed E-state index contributed by atoms with van der Waals surface area (Å²) in [6.07, 6.45) is 3.57. The molecule has 0 bridgehead atoms. The van der Waals surface area contributed by atoms with Gasteiger partial charge in [0.2, 0.25) is 6.34 Å². The molecule has 0 saturated heterocycles. The minimum absolute atomic E-state index is 1.15. The van der Waals surface area contributed by atoms with Crippen molar-refractivity contribution in [2.24, 2.45) is 0 Å². The van der Waals surface area contributed by atoms with Gasteiger partial charge in [-0.15, -0.1) is 0 Å². The predicted molar refractivity (Wildman–Crippen MR) is 43.6 cm³/mol. The van der Waals surface area contributed by atoms with Gasteiger partial charge in [-0.1, -0.05) is 0 Å². The van der Waals surface area contributed by atoms with E-state index < -0.39 is 0 Å². The highest BCUT2D eigenvalue weighted by Crippen LogP contribution is 1.95. The molecule has 10 heavy (non-hydrogen) atoms. The van der Waals surface area contributed by atoms with Crippen molar-refractivity contribution < 1.29 is 4.58 Å². The molecule has 0 aromatic rings. The molecule has 1 rings (SSSR count). The van der Waals surface area contributed by atoms with Crippen molar-refractivity contribution in [3.63, 3.8) is 0 Å². The van der Waals surface area contributed by atoms with E-state index in [4.69, 9.17) is 0 Å². The highest BCUT2D eigenvalue weighted by molar-refractivity contribution is 5.49. The molecule has 0 aliphatic carbocycles. The molecule has 0 aromatic heterocycles. The van der Waals surface area contributed by atoms with Gasteiger partial charge in [0.05, 0.1) is 26.2 Å². The Hall–Kier alpha value is -0.530. The summed E-state index contributed by atoms with van der Waals surface area (Å²) < 4.78 is 2.37. The summed E-state index contributed by atoms with van der Waals surface area (Å²) in [6, 6.07) is 0. The summed E-state index contributed by atoms with van der Waals surface area (Å²) in [5.74, 6) is 0. The molecule has 1 aliphatic heterocycles. The summed E-state index contributed by atoms with van der Waals surface area (Å²) in [5.41, 5.74) is 0. The highest BCUT2D eigenvalue weighted by Gasteiger charge is 2.11. The molecule has 0 radical (unpaired) electrons. The van der Waals surface area contributed by atoms with Crippen molar-refractivity contribution in [3.05, 3.63) is 0 Å². The first-order valence-electron chi connectivity index (χ1n) is 4.20. The van der Waals surface area contributed by atoms with Crippen molar-refractivity contribution >= 4 is 6.34 Å². The van der Waals surface area contributed by atoms with Crippen molar-refractivity contribution in [1.29, 1.82) is 0 Å². The third-order valence-electron chi connectivity index (χ3n) is 2.03. The SMILES string of the molecule is CCN1C=[N+](CC)CCC1. The van der Waals surface area contributed by atoms with Crippen molar-refractivity contribution in [1.82, 2.24) is 4.90 Å². The average Bonchev–Trinajstić information content (AvgIpc) is 2.05. The van der Waals surface area contributed by atoms with Gasteiger partial charge in [-0.05, 0) is 13.8 Å². The third kappa shape index (κ3) is 1.72. The molecule has 1 aliphatic rings. The van der Waals surface area contributed by atoms with Gasteiger partial charge in [0.25, 0.3) is 0 Å². The van der Waals surface area contributed by atoms with Gasteiger partial charge >= 0.3 is 0 Å². The van der Waals surface area contributed by atoms with E-state index in [1.54, 1.807) is 0 Å². The van der Waals surface area contributed by atoms with Gasteiger partial charge in [-0.2, -0.15) is 0 Å². The largest absolute Gasteiger partial charge is 0.268 e. The molecule has 2 heteroatoms. The lowest BCUT2D eigenvalue weighted by Gasteiger charge is -2.18. The van der Waals surface area contributed by atoms with Crippen LogP contribution in [0.15, 0.2) is 0 Å². The topological polar surface area (TPSA) is 6.25 Å². The van der Waals surface area contributed by atoms with Crippen molar-refractivity contribution in [2.75, 3.05) is 26.2 Å². The van der Waals surface area contributed by atoms with Gasteiger partial charge in [0.15, 0.2) is 0 Å². The van der Waals surface area contributed by atoms with Crippen LogP contribution in [0.2, 0.25) is 0 Å². The van der Waals surface area contributed by atoms with Gasteiger partial charge in [-0.25, -0.2) is 0 Å². The maximum Gasteiger partial charge on any atom is 0.234 e. The van der Waals surface area contributed by atoms with Crippen LogP contribution in [-0.4, -0.2) is 42.0 Å². The molecule has 1 heterocycles. The summed E-state index contributed by atoms with van der Waals surface area (Å²) in [4.78, 5) is 2.37. The van der Waals surface area contributed by atoms with Gasteiger partial charge in [-0.3, -0.25) is 9.48 Å². The summed E-state index contributed by atoms with van der Waals surface area (Å²) in [5, 5.41) is 0. The maximum absolute atomic E-state index is 2.37. The molecular formula is C8H17N2+. The smallest absolute Gasteiger partial charge is 0.234 e. The van der Waals surface area contributed by atoms with Gasteiger partial charge in [0.1, 0.15) is 0 Å². The zero-order valence-corrected chi connectivity index (χ0v) is 7.01. The van der Waals surface area contributed by atoms with Crippen LogP contribution in [0.1, 0.15) is 20.3 Å². The fraction of sp³-hybridized carbons (Fsp3) is 0.875. The lowest BCUT2D eigenvalue weighted by molar-refractivity contribution is -0.529. The molecular weight excluding hydrogens is 124 g/mol. The Labute approximate surface area is 63.2 Å². The lowest BCUT2D eigenvalue weighted by Crippen LogP contribution is -2.35. The van der Waals surface area contributed by atoms with Crippen LogP contribution >= 0.6 is 0 Å². The van der Waals surface area contributed by atoms with Crippen LogP contribution in [0.3, 0.4) is 0 Å². The van der Waals surface area contributed by atoms with E-state index in [0.29, 0.717) is 0 Å². The third-order valence-corrected chi connectivity index (χ3v) is 2.03. The summed E-state index contributed by atoms with van der Waals surface area (Å²) >= 11 is 0. The zero-order valence-electron chi connectivity index (χ0n) is 7.01. The number of hydrogen-bond acceptors (Lipinski definition) is 1. The molecule has 0 fully saturated rings. The standard InChI is InChI=1S/C8H17N2/c1-3-9-6-5-7-10(4-2)8-9/h8H,3-7H2,1-2H3/q+1. The fourth-order valence-corrected chi connectivity index (χ4v) is 1.30. The summed E-state index contributed by atoms with van der Waals surface area (Å²) in [6.45, 7) is 9.19. The molecule has 0 aromatic carbocycles. The van der Waals surface area contributed by atoms with Gasteiger partial charge in [0, 0.05) is 6.42 Å². The van der Waals surface area contributed by atoms with E-state index in [9.17, 15) is 0 Å². The first-order chi connectivity index (χ1) is 4.86. The highest BCUT2D eigenvalue weighted by atomic mass is 15.2. The Morgan fingerprint density at radius 2 is 2.30 bits per heavy atom. The molecule has 2 nitrogen and oxygen atoms in total. The van der Waals surface area contributed by atoms with Crippen molar-refractivity contribution in [2.45, 2.75) is 20.3 Å². The lowest BCUT2D eigenvalue weighted by atomic mass is 10.3. The Morgan fingerprint density at radius 1 is 1.50 bits per heavy atom. The average molecular weight is 141 g/mol. The number of rotatable bonds is 2. The van der Waals surface area contributed by atoms with Gasteiger partial charge < -0.3 is 0 Å². The second kappa shape index (κ2) is 3.59. The van der Waals surface area contributed by atoms with E-state index in [-0.39, 0.29) is 0 Å². The quantitative estimate of drug-likeness (QED) is 0.515. The van der Waals surface area contributed by atoms with E-state index >= 15 is 0 Å². The van der Waals surface area contributed by atoms with Crippen LogP contribution in [0, 0.1) is 0 Å². The van der Waals surface area contributed by atoms with Crippen LogP contribution in [0.4, 0.5) is 0 Å². The zero-order chi connectivity index (χ0) is 7.40. The second-order valence-corrected chi connectivity index (χ2v) is 2.73. The summed E-state index contributed by atoms with van der Waals surface area (Å²) in [7, 11) is 0. The monoisotopic (exact) mass is 141 g/mol. The number of nitrogens with zero attached hydrogens (tertiary/aromatic N) is 2. The van der Waals surface area contributed by atoms with E-state index in [2.05, 4.69) is 29.7 Å². The molecule has 0 unspecified atom stereocenters. The van der Waals surface area contributed by atoms with Crippen LogP contribution in [0.5, 0.6) is 0 Å².